The maximum atomic E-state index is 6.10. The van der Waals surface area contributed by atoms with E-state index in [4.69, 9.17) is 15.0 Å². The summed E-state index contributed by atoms with van der Waals surface area (Å²) in [4.78, 5) is 12.0. The number of nitrogens with one attached hydrogen (secondary N) is 1. The van der Waals surface area contributed by atoms with Crippen LogP contribution in [-0.2, 0) is 0 Å². The van der Waals surface area contributed by atoms with Crippen LogP contribution in [0.15, 0.2) is 16.7 Å². The van der Waals surface area contributed by atoms with Gasteiger partial charge in [0.2, 0.25) is 0 Å². The lowest BCUT2D eigenvalue weighted by atomic mass is 10.0. The van der Waals surface area contributed by atoms with Crippen LogP contribution < -0.4 is 10.5 Å². The van der Waals surface area contributed by atoms with Crippen molar-refractivity contribution in [3.63, 3.8) is 0 Å². The number of H-pyrrole nitrogens is 1. The van der Waals surface area contributed by atoms with Gasteiger partial charge in [-0.3, -0.25) is 0 Å². The van der Waals surface area contributed by atoms with E-state index in [0.29, 0.717) is 17.3 Å². The lowest BCUT2D eigenvalue weighted by molar-refractivity contribution is 0.393. The second kappa shape index (κ2) is 4.95. The van der Waals surface area contributed by atoms with Crippen molar-refractivity contribution in [1.29, 1.82) is 0 Å². The molecule has 0 amide bonds. The van der Waals surface area contributed by atoms with Crippen LogP contribution >= 0.6 is 0 Å². The van der Waals surface area contributed by atoms with Gasteiger partial charge in [0.25, 0.3) is 0 Å². The van der Waals surface area contributed by atoms with Crippen LogP contribution in [0.4, 0.5) is 5.82 Å². The summed E-state index contributed by atoms with van der Waals surface area (Å²) in [6.45, 7) is 5.61. The van der Waals surface area contributed by atoms with Crippen molar-refractivity contribution >= 4 is 27.8 Å². The zero-order valence-electron chi connectivity index (χ0n) is 13.9. The summed E-state index contributed by atoms with van der Waals surface area (Å²) >= 11 is 0. The molecular formula is C17H17N5O2. The van der Waals surface area contributed by atoms with Crippen LogP contribution in [-0.4, -0.2) is 27.2 Å². The highest BCUT2D eigenvalue weighted by Crippen LogP contribution is 2.40. The molecule has 7 nitrogen and oxygen atoms in total. The van der Waals surface area contributed by atoms with Crippen LogP contribution in [0.3, 0.4) is 0 Å². The summed E-state index contributed by atoms with van der Waals surface area (Å²) in [5, 5.41) is 5.76. The lowest BCUT2D eigenvalue weighted by Gasteiger charge is -2.09. The molecule has 0 saturated carbocycles. The Balaban J connectivity index is 2.10. The number of rotatable bonds is 2. The van der Waals surface area contributed by atoms with E-state index >= 15 is 0 Å². The van der Waals surface area contributed by atoms with Gasteiger partial charge in [-0.1, -0.05) is 5.16 Å². The molecule has 0 radical (unpaired) electrons. The highest BCUT2D eigenvalue weighted by Gasteiger charge is 2.19. The summed E-state index contributed by atoms with van der Waals surface area (Å²) in [5.41, 5.74) is 10.4. The average molecular weight is 323 g/mol. The van der Waals surface area contributed by atoms with E-state index in [0.717, 1.165) is 44.6 Å². The Bertz CT molecular complexity index is 1070. The topological polar surface area (TPSA) is 103 Å². The van der Waals surface area contributed by atoms with Crippen molar-refractivity contribution in [2.45, 2.75) is 20.8 Å². The molecule has 122 valence electrons. The molecule has 0 fully saturated rings. The molecule has 4 aromatic rings. The van der Waals surface area contributed by atoms with E-state index < -0.39 is 0 Å². The first-order chi connectivity index (χ1) is 11.5. The molecule has 3 heterocycles. The van der Waals surface area contributed by atoms with E-state index in [2.05, 4.69) is 20.1 Å². The minimum Gasteiger partial charge on any atom is -0.496 e. The fraction of sp³-hybridized carbons (Fsp3) is 0.235. The molecular weight excluding hydrogens is 306 g/mol. The number of nitrogens with zero attached hydrogens (tertiary/aromatic N) is 3. The van der Waals surface area contributed by atoms with E-state index in [-0.39, 0.29) is 0 Å². The van der Waals surface area contributed by atoms with Gasteiger partial charge in [-0.2, -0.15) is 0 Å². The summed E-state index contributed by atoms with van der Waals surface area (Å²) in [7, 11) is 1.64. The van der Waals surface area contributed by atoms with Crippen molar-refractivity contribution in [1.82, 2.24) is 20.1 Å². The lowest BCUT2D eigenvalue weighted by Crippen LogP contribution is -1.96. The van der Waals surface area contributed by atoms with Gasteiger partial charge in [-0.05, 0) is 32.9 Å². The Morgan fingerprint density at radius 2 is 1.96 bits per heavy atom. The van der Waals surface area contributed by atoms with Gasteiger partial charge >= 0.3 is 0 Å². The molecule has 1 aromatic carbocycles. The van der Waals surface area contributed by atoms with Crippen LogP contribution in [0.1, 0.15) is 17.3 Å². The second-order valence-electron chi connectivity index (χ2n) is 5.80. The highest BCUT2D eigenvalue weighted by molar-refractivity contribution is 6.12. The van der Waals surface area contributed by atoms with Crippen molar-refractivity contribution < 1.29 is 9.26 Å². The molecule has 4 rings (SSSR count). The number of methoxy groups -OCH3 is 1. The van der Waals surface area contributed by atoms with Crippen LogP contribution in [0.2, 0.25) is 0 Å². The van der Waals surface area contributed by atoms with Crippen LogP contribution in [0.5, 0.6) is 5.75 Å². The quantitative estimate of drug-likeness (QED) is 0.587. The first kappa shape index (κ1) is 14.5. The number of hydrogen-bond acceptors (Lipinski definition) is 6. The van der Waals surface area contributed by atoms with E-state index in [1.165, 1.54) is 0 Å². The Hall–Kier alpha value is -3.09. The Labute approximate surface area is 137 Å². The van der Waals surface area contributed by atoms with E-state index in [1.54, 1.807) is 7.11 Å². The summed E-state index contributed by atoms with van der Waals surface area (Å²) in [5.74, 6) is 2.55. The molecule has 7 heteroatoms. The number of nitrogen functional groups attached to an aromatic ring is 1. The minimum atomic E-state index is 0.455. The van der Waals surface area contributed by atoms with Crippen molar-refractivity contribution in [3.05, 3.63) is 29.4 Å². The maximum absolute atomic E-state index is 6.10. The molecule has 0 spiro atoms. The molecule has 0 unspecified atom stereocenters. The number of nitrogens with two attached hydrogens (primary N) is 1. The second-order valence-corrected chi connectivity index (χ2v) is 5.80. The fourth-order valence-electron chi connectivity index (χ4n) is 3.20. The molecule has 3 aromatic heterocycles. The van der Waals surface area contributed by atoms with Gasteiger partial charge < -0.3 is 20.0 Å². The summed E-state index contributed by atoms with van der Waals surface area (Å²) in [6.07, 6.45) is 0. The van der Waals surface area contributed by atoms with Crippen molar-refractivity contribution in [2.24, 2.45) is 0 Å². The molecule has 0 atom stereocenters. The SMILES string of the molecule is COc1cc2c(cc1-c1c(C)noc1C)[nH]c1nc(C)nc(N)c12. The zero-order chi connectivity index (χ0) is 17.0. The third-order valence-corrected chi connectivity index (χ3v) is 4.21. The number of ether oxygens (including phenoxy) is 1. The number of benzene rings is 1. The molecule has 24 heavy (non-hydrogen) atoms. The number of aromatic nitrogens is 4. The van der Waals surface area contributed by atoms with E-state index in [1.807, 2.05) is 32.9 Å². The number of anilines is 1. The van der Waals surface area contributed by atoms with Gasteiger partial charge in [0.1, 0.15) is 28.8 Å². The Morgan fingerprint density at radius 3 is 2.62 bits per heavy atom. The molecule has 3 N–H and O–H groups in total. The molecule has 0 aliphatic rings. The average Bonchev–Trinajstić information content (AvgIpc) is 3.05. The smallest absolute Gasteiger partial charge is 0.144 e. The molecule has 0 saturated heterocycles. The maximum Gasteiger partial charge on any atom is 0.144 e. The van der Waals surface area contributed by atoms with Gasteiger partial charge in [0, 0.05) is 16.5 Å². The largest absolute Gasteiger partial charge is 0.496 e. The van der Waals surface area contributed by atoms with Crippen molar-refractivity contribution in [2.75, 3.05) is 12.8 Å². The Morgan fingerprint density at radius 1 is 1.17 bits per heavy atom. The normalized spacial score (nSPS) is 11.5. The standard InChI is InChI=1S/C17H17N5O2/c1-7-14(8(2)24-22-7)11-5-12-10(6-13(11)23-4)15-16(18)19-9(3)20-17(15)21-12/h5-6H,1-4H3,(H3,18,19,20,21). The molecule has 0 bridgehead atoms. The van der Waals surface area contributed by atoms with Crippen molar-refractivity contribution in [3.8, 4) is 16.9 Å². The zero-order valence-corrected chi connectivity index (χ0v) is 13.9. The predicted molar refractivity (Wildman–Crippen MR) is 92.1 cm³/mol. The predicted octanol–water partition coefficient (Wildman–Crippen LogP) is 3.28. The van der Waals surface area contributed by atoms with E-state index in [9.17, 15) is 0 Å². The van der Waals surface area contributed by atoms with Gasteiger partial charge in [-0.25, -0.2) is 9.97 Å². The van der Waals surface area contributed by atoms with Crippen LogP contribution in [0, 0.1) is 20.8 Å². The summed E-state index contributed by atoms with van der Waals surface area (Å²) < 4.78 is 10.9. The highest BCUT2D eigenvalue weighted by atomic mass is 16.5. The minimum absolute atomic E-state index is 0.455. The molecule has 0 aliphatic carbocycles. The number of fused-ring (bicyclic) bond motifs is 3. The Kier molecular flexibility index (Phi) is 2.99. The monoisotopic (exact) mass is 323 g/mol. The van der Waals surface area contributed by atoms with Gasteiger partial charge in [0.15, 0.2) is 0 Å². The third-order valence-electron chi connectivity index (χ3n) is 4.21. The van der Waals surface area contributed by atoms with Crippen LogP contribution in [0.25, 0.3) is 33.1 Å². The fourth-order valence-corrected chi connectivity index (χ4v) is 3.20. The first-order valence-electron chi connectivity index (χ1n) is 7.56. The molecule has 0 aliphatic heterocycles. The number of hydrogen-bond donors (Lipinski definition) is 2. The number of aromatic amines is 1. The summed E-state index contributed by atoms with van der Waals surface area (Å²) in [6, 6.07) is 3.96. The first-order valence-corrected chi connectivity index (χ1v) is 7.56. The van der Waals surface area contributed by atoms with Gasteiger partial charge in [-0.15, -0.1) is 0 Å². The van der Waals surface area contributed by atoms with Gasteiger partial charge in [0.05, 0.1) is 23.8 Å². The third kappa shape index (κ3) is 1.94. The number of aryl methyl sites for hydroxylation is 3.